The molecule has 0 amide bonds. The predicted molar refractivity (Wildman–Crippen MR) is 43.3 cm³/mol. The fraction of sp³-hybridized carbons (Fsp3) is 0.444. The Balaban J connectivity index is 2.65. The zero-order chi connectivity index (χ0) is 8.10. The molecule has 0 bridgehead atoms. The molecule has 2 heteroatoms. The Morgan fingerprint density at radius 3 is 3.00 bits per heavy atom. The van der Waals surface area contributed by atoms with Gasteiger partial charge in [-0.25, -0.2) is 4.79 Å². The molecule has 0 aromatic heterocycles. The molecule has 2 nitrogen and oxygen atoms in total. The van der Waals surface area contributed by atoms with Gasteiger partial charge in [0.1, 0.15) is 0 Å². The number of hydrogen-bond donors (Lipinski definition) is 1. The zero-order valence-electron chi connectivity index (χ0n) is 6.42. The molecule has 0 aliphatic heterocycles. The van der Waals surface area contributed by atoms with Crippen LogP contribution in [-0.4, -0.2) is 11.1 Å². The van der Waals surface area contributed by atoms with E-state index in [1.807, 2.05) is 12.2 Å². The van der Waals surface area contributed by atoms with Gasteiger partial charge in [-0.15, -0.1) is 0 Å². The van der Waals surface area contributed by atoms with Gasteiger partial charge in [0, 0.05) is 5.57 Å². The number of carboxylic acids is 1. The quantitative estimate of drug-likeness (QED) is 0.625. The number of aliphatic carboxylic acids is 1. The minimum atomic E-state index is -0.781. The van der Waals surface area contributed by atoms with Gasteiger partial charge in [0.15, 0.2) is 0 Å². The SMILES string of the molecule is O=C(O)/C1=C/C=C\CCCC1. The summed E-state index contributed by atoms with van der Waals surface area (Å²) in [7, 11) is 0. The van der Waals surface area contributed by atoms with Crippen molar-refractivity contribution in [2.45, 2.75) is 25.7 Å². The lowest BCUT2D eigenvalue weighted by Gasteiger charge is -2.02. The van der Waals surface area contributed by atoms with Gasteiger partial charge >= 0.3 is 5.97 Å². The van der Waals surface area contributed by atoms with E-state index in [-0.39, 0.29) is 0 Å². The normalized spacial score (nSPS) is 26.0. The predicted octanol–water partition coefficient (Wildman–Crippen LogP) is 2.13. The third-order valence-corrected chi connectivity index (χ3v) is 1.78. The van der Waals surface area contributed by atoms with Crippen LogP contribution in [0.1, 0.15) is 25.7 Å². The van der Waals surface area contributed by atoms with Crippen LogP contribution in [-0.2, 0) is 4.79 Å². The molecule has 11 heavy (non-hydrogen) atoms. The van der Waals surface area contributed by atoms with Crippen molar-refractivity contribution in [2.75, 3.05) is 0 Å². The topological polar surface area (TPSA) is 37.3 Å². The van der Waals surface area contributed by atoms with E-state index in [9.17, 15) is 4.79 Å². The lowest BCUT2D eigenvalue weighted by atomic mass is 10.0. The van der Waals surface area contributed by atoms with Crippen LogP contribution in [0.3, 0.4) is 0 Å². The molecular weight excluding hydrogens is 140 g/mol. The summed E-state index contributed by atoms with van der Waals surface area (Å²) in [6, 6.07) is 0. The molecule has 0 fully saturated rings. The molecule has 1 rings (SSSR count). The van der Waals surface area contributed by atoms with Crippen LogP contribution in [0.15, 0.2) is 23.8 Å². The van der Waals surface area contributed by atoms with Crippen molar-refractivity contribution in [1.82, 2.24) is 0 Å². The summed E-state index contributed by atoms with van der Waals surface area (Å²) in [6.45, 7) is 0. The third kappa shape index (κ3) is 2.58. The van der Waals surface area contributed by atoms with Gasteiger partial charge in [0.2, 0.25) is 0 Å². The first kappa shape index (κ1) is 8.05. The zero-order valence-corrected chi connectivity index (χ0v) is 6.42. The molecule has 1 N–H and O–H groups in total. The summed E-state index contributed by atoms with van der Waals surface area (Å²) < 4.78 is 0. The third-order valence-electron chi connectivity index (χ3n) is 1.78. The second-order valence-electron chi connectivity index (χ2n) is 2.67. The number of hydrogen-bond acceptors (Lipinski definition) is 1. The summed E-state index contributed by atoms with van der Waals surface area (Å²) in [5.74, 6) is -0.781. The standard InChI is InChI=1S/C9H12O2/c10-9(11)8-6-4-2-1-3-5-7-8/h2,4,6H,1,3,5,7H2,(H,10,11)/b4-2-,8-6+. The molecule has 0 unspecified atom stereocenters. The van der Waals surface area contributed by atoms with Crippen LogP contribution in [0.2, 0.25) is 0 Å². The number of allylic oxidation sites excluding steroid dienone is 3. The molecule has 1 aliphatic rings. The van der Waals surface area contributed by atoms with Gasteiger partial charge in [0.25, 0.3) is 0 Å². The van der Waals surface area contributed by atoms with E-state index in [0.29, 0.717) is 12.0 Å². The summed E-state index contributed by atoms with van der Waals surface area (Å²) in [6.07, 6.45) is 9.42. The van der Waals surface area contributed by atoms with Gasteiger partial charge < -0.3 is 5.11 Å². The summed E-state index contributed by atoms with van der Waals surface area (Å²) in [5.41, 5.74) is 0.529. The van der Waals surface area contributed by atoms with Crippen molar-refractivity contribution in [3.8, 4) is 0 Å². The fourth-order valence-electron chi connectivity index (χ4n) is 1.12. The van der Waals surface area contributed by atoms with Crippen molar-refractivity contribution in [1.29, 1.82) is 0 Å². The van der Waals surface area contributed by atoms with Crippen LogP contribution < -0.4 is 0 Å². The maximum absolute atomic E-state index is 10.5. The highest BCUT2D eigenvalue weighted by molar-refractivity contribution is 5.86. The van der Waals surface area contributed by atoms with Gasteiger partial charge in [-0.1, -0.05) is 18.2 Å². The Kier molecular flexibility index (Phi) is 2.90. The number of carboxylic acid groups (broad SMARTS) is 1. The van der Waals surface area contributed by atoms with Gasteiger partial charge in [-0.3, -0.25) is 0 Å². The van der Waals surface area contributed by atoms with E-state index in [1.165, 1.54) is 0 Å². The second-order valence-corrected chi connectivity index (χ2v) is 2.67. The van der Waals surface area contributed by atoms with Gasteiger partial charge in [0.05, 0.1) is 0 Å². The molecule has 0 spiro atoms. The highest BCUT2D eigenvalue weighted by Gasteiger charge is 2.05. The summed E-state index contributed by atoms with van der Waals surface area (Å²) in [5, 5.41) is 8.65. The average Bonchev–Trinajstić information content (AvgIpc) is 1.84. The molecule has 1 aliphatic carbocycles. The first-order chi connectivity index (χ1) is 5.30. The van der Waals surface area contributed by atoms with Crippen molar-refractivity contribution in [3.63, 3.8) is 0 Å². The van der Waals surface area contributed by atoms with E-state index in [4.69, 9.17) is 5.11 Å². The number of carbonyl (C=O) groups is 1. The monoisotopic (exact) mass is 152 g/mol. The van der Waals surface area contributed by atoms with Crippen LogP contribution >= 0.6 is 0 Å². The van der Waals surface area contributed by atoms with Crippen molar-refractivity contribution >= 4 is 5.97 Å². The van der Waals surface area contributed by atoms with E-state index >= 15 is 0 Å². The molecule has 0 saturated carbocycles. The van der Waals surface area contributed by atoms with Gasteiger partial charge in [-0.05, 0) is 25.7 Å². The van der Waals surface area contributed by atoms with Crippen molar-refractivity contribution < 1.29 is 9.90 Å². The molecule has 60 valence electrons. The Labute approximate surface area is 66.2 Å². The average molecular weight is 152 g/mol. The van der Waals surface area contributed by atoms with E-state index in [2.05, 4.69) is 0 Å². The van der Waals surface area contributed by atoms with Crippen molar-refractivity contribution in [2.24, 2.45) is 0 Å². The number of rotatable bonds is 1. The largest absolute Gasteiger partial charge is 0.478 e. The smallest absolute Gasteiger partial charge is 0.331 e. The highest BCUT2D eigenvalue weighted by atomic mass is 16.4. The Hall–Kier alpha value is -1.05. The molecule has 0 heterocycles. The molecular formula is C9H12O2. The van der Waals surface area contributed by atoms with Crippen molar-refractivity contribution in [3.05, 3.63) is 23.8 Å². The Morgan fingerprint density at radius 1 is 1.45 bits per heavy atom. The Morgan fingerprint density at radius 2 is 2.27 bits per heavy atom. The van der Waals surface area contributed by atoms with Crippen LogP contribution in [0, 0.1) is 0 Å². The van der Waals surface area contributed by atoms with Gasteiger partial charge in [-0.2, -0.15) is 0 Å². The summed E-state index contributed by atoms with van der Waals surface area (Å²) in [4.78, 5) is 10.5. The molecule has 0 radical (unpaired) electrons. The lowest BCUT2D eigenvalue weighted by molar-refractivity contribution is -0.132. The van der Waals surface area contributed by atoms with E-state index in [0.717, 1.165) is 19.3 Å². The summed E-state index contributed by atoms with van der Waals surface area (Å²) >= 11 is 0. The minimum Gasteiger partial charge on any atom is -0.478 e. The fourth-order valence-corrected chi connectivity index (χ4v) is 1.12. The van der Waals surface area contributed by atoms with Crippen LogP contribution in [0.25, 0.3) is 0 Å². The van der Waals surface area contributed by atoms with Crippen LogP contribution in [0.4, 0.5) is 0 Å². The van der Waals surface area contributed by atoms with E-state index in [1.54, 1.807) is 6.08 Å². The maximum Gasteiger partial charge on any atom is 0.331 e. The lowest BCUT2D eigenvalue weighted by Crippen LogP contribution is -2.00. The second kappa shape index (κ2) is 3.96. The van der Waals surface area contributed by atoms with Crippen LogP contribution in [0.5, 0.6) is 0 Å². The molecule has 0 aromatic carbocycles. The maximum atomic E-state index is 10.5. The minimum absolute atomic E-state index is 0.529. The first-order valence-electron chi connectivity index (χ1n) is 3.89. The first-order valence-corrected chi connectivity index (χ1v) is 3.89. The molecule has 0 atom stereocenters. The molecule has 0 saturated heterocycles. The molecule has 0 aromatic rings. The highest BCUT2D eigenvalue weighted by Crippen LogP contribution is 2.12. The Bertz CT molecular complexity index is 202. The van der Waals surface area contributed by atoms with E-state index < -0.39 is 5.97 Å².